The number of hydrogen-bond acceptors (Lipinski definition) is 3. The van der Waals surface area contributed by atoms with Crippen molar-refractivity contribution in [2.45, 2.75) is 19.4 Å². The summed E-state index contributed by atoms with van der Waals surface area (Å²) < 4.78 is 0. The van der Waals surface area contributed by atoms with Crippen molar-refractivity contribution in [2.24, 2.45) is 0 Å². The Kier molecular flexibility index (Phi) is 5.47. The molecule has 1 aliphatic heterocycles. The number of hydrogen-bond donors (Lipinski definition) is 1. The average molecular weight is 292 g/mol. The average Bonchev–Trinajstić information content (AvgIpc) is 2.47. The molecule has 0 saturated carbocycles. The van der Waals surface area contributed by atoms with Crippen molar-refractivity contribution in [1.82, 2.24) is 10.2 Å². The zero-order valence-corrected chi connectivity index (χ0v) is 12.5. The molecule has 1 unspecified atom stereocenters. The van der Waals surface area contributed by atoms with E-state index in [2.05, 4.69) is 12.2 Å². The Morgan fingerprint density at radius 1 is 1.30 bits per heavy atom. The number of carbonyl (C=O) groups is 2. The molecule has 0 radical (unpaired) electrons. The third kappa shape index (κ3) is 3.76. The van der Waals surface area contributed by atoms with Crippen LogP contribution in [0.2, 0.25) is 0 Å². The number of rotatable bonds is 6. The van der Waals surface area contributed by atoms with Gasteiger partial charge in [0, 0.05) is 6.54 Å². The standard InChI is InChI=1S/C15H20N2O2S/c1-2-20-10-6-9-17-11-13(18)16-14(15(17)19)12-7-4-3-5-8-12/h3-5,7-8,14H,2,6,9-11H2,1H3,(H,16,18). The number of thioether (sulfide) groups is 1. The minimum atomic E-state index is -0.531. The molecule has 2 amide bonds. The maximum Gasteiger partial charge on any atom is 0.250 e. The molecule has 1 saturated heterocycles. The van der Waals surface area contributed by atoms with Gasteiger partial charge >= 0.3 is 0 Å². The number of amides is 2. The van der Waals surface area contributed by atoms with Crippen LogP contribution in [0.25, 0.3) is 0 Å². The Hall–Kier alpha value is -1.49. The van der Waals surface area contributed by atoms with Crippen molar-refractivity contribution in [2.75, 3.05) is 24.6 Å². The van der Waals surface area contributed by atoms with Crippen LogP contribution >= 0.6 is 11.8 Å². The molecule has 0 aliphatic carbocycles. The summed E-state index contributed by atoms with van der Waals surface area (Å²) in [7, 11) is 0. The second-order valence-electron chi connectivity index (χ2n) is 4.72. The Labute approximate surface area is 123 Å². The van der Waals surface area contributed by atoms with E-state index in [1.165, 1.54) is 0 Å². The number of piperazine rings is 1. The van der Waals surface area contributed by atoms with Crippen molar-refractivity contribution in [3.63, 3.8) is 0 Å². The topological polar surface area (TPSA) is 49.4 Å². The van der Waals surface area contributed by atoms with Crippen LogP contribution in [0.4, 0.5) is 0 Å². The number of nitrogens with one attached hydrogen (secondary N) is 1. The van der Waals surface area contributed by atoms with Gasteiger partial charge in [-0.3, -0.25) is 9.59 Å². The van der Waals surface area contributed by atoms with Gasteiger partial charge in [-0.2, -0.15) is 11.8 Å². The molecule has 0 bridgehead atoms. The van der Waals surface area contributed by atoms with E-state index in [1.807, 2.05) is 42.1 Å². The quantitative estimate of drug-likeness (QED) is 0.814. The smallest absolute Gasteiger partial charge is 0.250 e. The Morgan fingerprint density at radius 3 is 2.75 bits per heavy atom. The molecule has 1 aliphatic rings. The summed E-state index contributed by atoms with van der Waals surface area (Å²) in [5.41, 5.74) is 0.846. The predicted molar refractivity (Wildman–Crippen MR) is 81.5 cm³/mol. The highest BCUT2D eigenvalue weighted by atomic mass is 32.2. The molecule has 5 heteroatoms. The number of benzene rings is 1. The first kappa shape index (κ1) is 14.9. The van der Waals surface area contributed by atoms with Crippen LogP contribution in [-0.4, -0.2) is 41.3 Å². The van der Waals surface area contributed by atoms with Gasteiger partial charge in [0.05, 0.1) is 6.54 Å². The van der Waals surface area contributed by atoms with Crippen molar-refractivity contribution < 1.29 is 9.59 Å². The SMILES string of the molecule is CCSCCCN1CC(=O)NC(c2ccccc2)C1=O. The van der Waals surface area contributed by atoms with Gasteiger partial charge in [0.2, 0.25) is 11.8 Å². The minimum Gasteiger partial charge on any atom is -0.339 e. The molecule has 4 nitrogen and oxygen atoms in total. The van der Waals surface area contributed by atoms with Gasteiger partial charge in [-0.05, 0) is 23.5 Å². The number of carbonyl (C=O) groups excluding carboxylic acids is 2. The second-order valence-corrected chi connectivity index (χ2v) is 6.12. The Morgan fingerprint density at radius 2 is 2.05 bits per heavy atom. The molecular weight excluding hydrogens is 272 g/mol. The van der Waals surface area contributed by atoms with E-state index in [4.69, 9.17) is 0 Å². The monoisotopic (exact) mass is 292 g/mol. The van der Waals surface area contributed by atoms with Crippen LogP contribution in [0, 0.1) is 0 Å². The van der Waals surface area contributed by atoms with E-state index in [0.29, 0.717) is 6.54 Å². The maximum atomic E-state index is 12.4. The summed E-state index contributed by atoms with van der Waals surface area (Å²) in [5.74, 6) is 2.03. The molecular formula is C15H20N2O2S. The molecule has 108 valence electrons. The Balaban J connectivity index is 2.00. The fourth-order valence-corrected chi connectivity index (χ4v) is 2.89. The fourth-order valence-electron chi connectivity index (χ4n) is 2.26. The maximum absolute atomic E-state index is 12.4. The van der Waals surface area contributed by atoms with Gasteiger partial charge in [-0.1, -0.05) is 37.3 Å². The molecule has 1 fully saturated rings. The fraction of sp³-hybridized carbons (Fsp3) is 0.467. The minimum absolute atomic E-state index is 0.00250. The van der Waals surface area contributed by atoms with Gasteiger partial charge in [0.1, 0.15) is 6.04 Å². The van der Waals surface area contributed by atoms with Crippen LogP contribution in [0.15, 0.2) is 30.3 Å². The van der Waals surface area contributed by atoms with Gasteiger partial charge < -0.3 is 10.2 Å². The Bertz CT molecular complexity index is 464. The van der Waals surface area contributed by atoms with E-state index in [-0.39, 0.29) is 18.4 Å². The highest BCUT2D eigenvalue weighted by Crippen LogP contribution is 2.19. The van der Waals surface area contributed by atoms with Gasteiger partial charge in [0.15, 0.2) is 0 Å². The molecule has 1 aromatic rings. The molecule has 20 heavy (non-hydrogen) atoms. The van der Waals surface area contributed by atoms with E-state index in [0.717, 1.165) is 23.5 Å². The first-order valence-electron chi connectivity index (χ1n) is 6.93. The predicted octanol–water partition coefficient (Wildman–Crippen LogP) is 1.83. The van der Waals surface area contributed by atoms with Crippen LogP contribution in [-0.2, 0) is 9.59 Å². The molecule has 0 spiro atoms. The lowest BCUT2D eigenvalue weighted by atomic mass is 10.0. The molecule has 1 aromatic carbocycles. The third-order valence-electron chi connectivity index (χ3n) is 3.25. The largest absolute Gasteiger partial charge is 0.339 e. The highest BCUT2D eigenvalue weighted by molar-refractivity contribution is 7.99. The molecule has 1 atom stereocenters. The van der Waals surface area contributed by atoms with E-state index in [9.17, 15) is 9.59 Å². The summed E-state index contributed by atoms with van der Waals surface area (Å²) >= 11 is 1.86. The lowest BCUT2D eigenvalue weighted by molar-refractivity contribution is -0.144. The summed E-state index contributed by atoms with van der Waals surface area (Å²) in [6.45, 7) is 2.96. The molecule has 1 N–H and O–H groups in total. The van der Waals surface area contributed by atoms with Crippen molar-refractivity contribution >= 4 is 23.6 Å². The molecule has 1 heterocycles. The van der Waals surface area contributed by atoms with Crippen molar-refractivity contribution in [3.05, 3.63) is 35.9 Å². The second kappa shape index (κ2) is 7.33. The van der Waals surface area contributed by atoms with E-state index >= 15 is 0 Å². The third-order valence-corrected chi connectivity index (χ3v) is 4.24. The van der Waals surface area contributed by atoms with E-state index in [1.54, 1.807) is 4.90 Å². The summed E-state index contributed by atoms with van der Waals surface area (Å²) in [5, 5.41) is 2.78. The van der Waals surface area contributed by atoms with Crippen LogP contribution in [0.1, 0.15) is 24.9 Å². The van der Waals surface area contributed by atoms with E-state index < -0.39 is 6.04 Å². The van der Waals surface area contributed by atoms with Gasteiger partial charge in [-0.15, -0.1) is 0 Å². The first-order chi connectivity index (χ1) is 9.72. The van der Waals surface area contributed by atoms with Crippen molar-refractivity contribution in [3.8, 4) is 0 Å². The summed E-state index contributed by atoms with van der Waals surface area (Å²) in [6, 6.07) is 8.88. The van der Waals surface area contributed by atoms with Crippen LogP contribution in [0.5, 0.6) is 0 Å². The summed E-state index contributed by atoms with van der Waals surface area (Å²) in [6.07, 6.45) is 0.930. The molecule has 2 rings (SSSR count). The zero-order valence-electron chi connectivity index (χ0n) is 11.7. The van der Waals surface area contributed by atoms with Gasteiger partial charge in [-0.25, -0.2) is 0 Å². The van der Waals surface area contributed by atoms with Gasteiger partial charge in [0.25, 0.3) is 0 Å². The first-order valence-corrected chi connectivity index (χ1v) is 8.08. The highest BCUT2D eigenvalue weighted by Gasteiger charge is 2.33. The normalized spacial score (nSPS) is 19.1. The lowest BCUT2D eigenvalue weighted by Crippen LogP contribution is -2.53. The van der Waals surface area contributed by atoms with Crippen LogP contribution < -0.4 is 5.32 Å². The zero-order chi connectivity index (χ0) is 14.4. The number of nitrogens with zero attached hydrogens (tertiary/aromatic N) is 1. The molecule has 0 aromatic heterocycles. The van der Waals surface area contributed by atoms with Crippen molar-refractivity contribution in [1.29, 1.82) is 0 Å². The van der Waals surface area contributed by atoms with Crippen LogP contribution in [0.3, 0.4) is 0 Å². The lowest BCUT2D eigenvalue weighted by Gasteiger charge is -2.32. The summed E-state index contributed by atoms with van der Waals surface area (Å²) in [4.78, 5) is 25.9.